The van der Waals surface area contributed by atoms with Crippen molar-refractivity contribution in [3.05, 3.63) is 65.5 Å². The van der Waals surface area contributed by atoms with Gasteiger partial charge in [0, 0.05) is 18.5 Å². The molecule has 1 fully saturated rings. The van der Waals surface area contributed by atoms with Gasteiger partial charge in [0.2, 0.25) is 0 Å². The van der Waals surface area contributed by atoms with Gasteiger partial charge in [0.05, 0.1) is 13.7 Å². The summed E-state index contributed by atoms with van der Waals surface area (Å²) < 4.78 is 19.1. The van der Waals surface area contributed by atoms with Crippen molar-refractivity contribution in [3.63, 3.8) is 0 Å². The average Bonchev–Trinajstić information content (AvgIpc) is 3.39. The number of aliphatic imine (C=N–C) groups is 1. The van der Waals surface area contributed by atoms with E-state index in [4.69, 9.17) is 4.74 Å². The first kappa shape index (κ1) is 17.3. The first-order chi connectivity index (χ1) is 12.2. The third-order valence-electron chi connectivity index (χ3n) is 4.32. The van der Waals surface area contributed by atoms with Crippen LogP contribution in [0.1, 0.15) is 30.4 Å². The minimum Gasteiger partial charge on any atom is -0.497 e. The Balaban J connectivity index is 1.63. The van der Waals surface area contributed by atoms with Gasteiger partial charge >= 0.3 is 0 Å². The van der Waals surface area contributed by atoms with Crippen molar-refractivity contribution in [3.8, 4) is 5.75 Å². The van der Waals surface area contributed by atoms with Crippen LogP contribution in [0.4, 0.5) is 4.39 Å². The molecule has 2 N–H and O–H groups in total. The molecule has 0 amide bonds. The first-order valence-electron chi connectivity index (χ1n) is 8.63. The van der Waals surface area contributed by atoms with Crippen LogP contribution in [0.2, 0.25) is 0 Å². The number of halogens is 1. The van der Waals surface area contributed by atoms with Crippen LogP contribution in [0.25, 0.3) is 0 Å². The van der Waals surface area contributed by atoms with Gasteiger partial charge in [-0.3, -0.25) is 0 Å². The lowest BCUT2D eigenvalue weighted by molar-refractivity contribution is 0.414. The molecule has 2 aromatic rings. The third kappa shape index (κ3) is 4.50. The Morgan fingerprint density at radius 2 is 2.08 bits per heavy atom. The van der Waals surface area contributed by atoms with Crippen LogP contribution >= 0.6 is 0 Å². The van der Waals surface area contributed by atoms with Crippen LogP contribution in [0, 0.1) is 5.82 Å². The van der Waals surface area contributed by atoms with E-state index >= 15 is 0 Å². The van der Waals surface area contributed by atoms with Crippen molar-refractivity contribution in [2.75, 3.05) is 13.7 Å². The largest absolute Gasteiger partial charge is 0.497 e. The molecule has 1 aliphatic carbocycles. The minimum atomic E-state index is -0.130. The maximum absolute atomic E-state index is 13.9. The molecular weight excluding hydrogens is 317 g/mol. The van der Waals surface area contributed by atoms with Gasteiger partial charge < -0.3 is 15.4 Å². The molecule has 0 aliphatic heterocycles. The molecule has 2 aromatic carbocycles. The van der Waals surface area contributed by atoms with Gasteiger partial charge in [-0.15, -0.1) is 0 Å². The summed E-state index contributed by atoms with van der Waals surface area (Å²) in [7, 11) is 1.66. The zero-order valence-corrected chi connectivity index (χ0v) is 14.6. The molecule has 1 saturated carbocycles. The number of hydrogen-bond acceptors (Lipinski definition) is 2. The second-order valence-corrected chi connectivity index (χ2v) is 6.16. The summed E-state index contributed by atoms with van der Waals surface area (Å²) in [5.74, 6) is 1.67. The fourth-order valence-corrected chi connectivity index (χ4v) is 2.91. The molecule has 0 heterocycles. The van der Waals surface area contributed by atoms with Gasteiger partial charge in [-0.05, 0) is 42.7 Å². The Kier molecular flexibility index (Phi) is 5.53. The summed E-state index contributed by atoms with van der Waals surface area (Å²) in [6.07, 6.45) is 0.921. The lowest BCUT2D eigenvalue weighted by Gasteiger charge is -2.12. The zero-order valence-electron chi connectivity index (χ0n) is 14.6. The standard InChI is InChI=1S/C20H24FN3O/c1-3-22-20(23-13-14-7-6-8-15(11-14)25-2)24-19-12-17(19)16-9-4-5-10-18(16)21/h4-11,17,19H,3,12-13H2,1-2H3,(H2,22,23,24). The van der Waals surface area contributed by atoms with Crippen LogP contribution in [-0.4, -0.2) is 25.7 Å². The monoisotopic (exact) mass is 341 g/mol. The fourth-order valence-electron chi connectivity index (χ4n) is 2.91. The summed E-state index contributed by atoms with van der Waals surface area (Å²) in [6.45, 7) is 3.37. The van der Waals surface area contributed by atoms with Gasteiger partial charge in [0.25, 0.3) is 0 Å². The third-order valence-corrected chi connectivity index (χ3v) is 4.32. The van der Waals surface area contributed by atoms with Crippen molar-refractivity contribution < 1.29 is 9.13 Å². The number of methoxy groups -OCH3 is 1. The van der Waals surface area contributed by atoms with Crippen LogP contribution in [0.15, 0.2) is 53.5 Å². The minimum absolute atomic E-state index is 0.130. The van der Waals surface area contributed by atoms with Gasteiger partial charge in [-0.2, -0.15) is 0 Å². The van der Waals surface area contributed by atoms with Crippen molar-refractivity contribution in [2.45, 2.75) is 31.8 Å². The molecule has 1 aliphatic rings. The molecular formula is C20H24FN3O. The molecule has 3 rings (SSSR count). The highest BCUT2D eigenvalue weighted by molar-refractivity contribution is 5.80. The van der Waals surface area contributed by atoms with Crippen molar-refractivity contribution in [1.29, 1.82) is 0 Å². The van der Waals surface area contributed by atoms with Gasteiger partial charge in [-0.25, -0.2) is 9.38 Å². The molecule has 0 saturated heterocycles. The van der Waals surface area contributed by atoms with E-state index in [2.05, 4.69) is 15.6 Å². The van der Waals surface area contributed by atoms with Crippen LogP contribution in [0.5, 0.6) is 5.75 Å². The van der Waals surface area contributed by atoms with E-state index in [0.29, 0.717) is 6.54 Å². The fraction of sp³-hybridized carbons (Fsp3) is 0.350. The lowest BCUT2D eigenvalue weighted by atomic mass is 10.1. The number of hydrogen-bond donors (Lipinski definition) is 2. The molecule has 132 valence electrons. The molecule has 5 heteroatoms. The van der Waals surface area contributed by atoms with E-state index in [1.165, 1.54) is 6.07 Å². The van der Waals surface area contributed by atoms with Gasteiger partial charge in [0.15, 0.2) is 5.96 Å². The predicted molar refractivity (Wildman–Crippen MR) is 98.5 cm³/mol. The van der Waals surface area contributed by atoms with Crippen molar-refractivity contribution in [2.24, 2.45) is 4.99 Å². The van der Waals surface area contributed by atoms with E-state index in [0.717, 1.165) is 35.8 Å². The Hall–Kier alpha value is -2.56. The van der Waals surface area contributed by atoms with E-state index in [1.54, 1.807) is 13.2 Å². The number of nitrogens with zero attached hydrogens (tertiary/aromatic N) is 1. The highest BCUT2D eigenvalue weighted by atomic mass is 19.1. The number of guanidine groups is 1. The highest BCUT2D eigenvalue weighted by Crippen LogP contribution is 2.41. The Morgan fingerprint density at radius 3 is 2.84 bits per heavy atom. The molecule has 25 heavy (non-hydrogen) atoms. The normalized spacial score (nSPS) is 19.4. The molecule has 2 unspecified atom stereocenters. The Bertz CT molecular complexity index is 747. The molecule has 2 atom stereocenters. The van der Waals surface area contributed by atoms with E-state index in [-0.39, 0.29) is 17.8 Å². The van der Waals surface area contributed by atoms with Crippen LogP contribution in [-0.2, 0) is 6.54 Å². The summed E-state index contributed by atoms with van der Waals surface area (Å²) in [6, 6.07) is 15.1. The van der Waals surface area contributed by atoms with E-state index < -0.39 is 0 Å². The van der Waals surface area contributed by atoms with Crippen LogP contribution in [0.3, 0.4) is 0 Å². The van der Waals surface area contributed by atoms with Crippen molar-refractivity contribution >= 4 is 5.96 Å². The summed E-state index contributed by atoms with van der Waals surface area (Å²) >= 11 is 0. The molecule has 0 radical (unpaired) electrons. The number of rotatable bonds is 6. The number of ether oxygens (including phenoxy) is 1. The summed E-state index contributed by atoms with van der Waals surface area (Å²) in [5, 5.41) is 6.66. The predicted octanol–water partition coefficient (Wildman–Crippen LogP) is 3.45. The molecule has 0 bridgehead atoms. The summed E-state index contributed by atoms with van der Waals surface area (Å²) in [5.41, 5.74) is 1.86. The second kappa shape index (κ2) is 8.01. The highest BCUT2D eigenvalue weighted by Gasteiger charge is 2.40. The molecule has 0 spiro atoms. The lowest BCUT2D eigenvalue weighted by Crippen LogP contribution is -2.39. The zero-order chi connectivity index (χ0) is 17.6. The van der Waals surface area contributed by atoms with Gasteiger partial charge in [-0.1, -0.05) is 30.3 Å². The Morgan fingerprint density at radius 1 is 1.24 bits per heavy atom. The Labute approximate surface area is 148 Å². The SMILES string of the molecule is CCNC(=NCc1cccc(OC)c1)NC1CC1c1ccccc1F. The topological polar surface area (TPSA) is 45.7 Å². The van der Waals surface area contributed by atoms with E-state index in [9.17, 15) is 4.39 Å². The molecule has 4 nitrogen and oxygen atoms in total. The average molecular weight is 341 g/mol. The molecule has 0 aromatic heterocycles. The maximum atomic E-state index is 13.9. The summed E-state index contributed by atoms with van der Waals surface area (Å²) in [4.78, 5) is 4.63. The quantitative estimate of drug-likeness (QED) is 0.625. The number of benzene rings is 2. The number of nitrogens with one attached hydrogen (secondary N) is 2. The van der Waals surface area contributed by atoms with E-state index in [1.807, 2.05) is 43.3 Å². The van der Waals surface area contributed by atoms with Crippen LogP contribution < -0.4 is 15.4 Å². The van der Waals surface area contributed by atoms with Gasteiger partial charge in [0.1, 0.15) is 11.6 Å². The maximum Gasteiger partial charge on any atom is 0.191 e. The smallest absolute Gasteiger partial charge is 0.191 e. The van der Waals surface area contributed by atoms with Crippen molar-refractivity contribution in [1.82, 2.24) is 10.6 Å². The second-order valence-electron chi connectivity index (χ2n) is 6.16. The first-order valence-corrected chi connectivity index (χ1v) is 8.63.